The lowest BCUT2D eigenvalue weighted by Crippen LogP contribution is -1.86. The van der Waals surface area contributed by atoms with Crippen LogP contribution in [-0.2, 0) is 0 Å². The highest BCUT2D eigenvalue weighted by molar-refractivity contribution is 5.49. The van der Waals surface area contributed by atoms with Gasteiger partial charge >= 0.3 is 0 Å². The van der Waals surface area contributed by atoms with E-state index in [-0.39, 0.29) is 11.6 Å². The SMILES string of the molecule is Fc1ccc([C]2CC2c2ccc(F)cc2)cc1. The normalized spacial score (nSPS) is 19.3. The van der Waals surface area contributed by atoms with Crippen LogP contribution >= 0.6 is 0 Å². The second-order valence-electron chi connectivity index (χ2n) is 4.34. The summed E-state index contributed by atoms with van der Waals surface area (Å²) >= 11 is 0. The van der Waals surface area contributed by atoms with Crippen molar-refractivity contribution in [3.8, 4) is 0 Å². The topological polar surface area (TPSA) is 0 Å². The molecule has 1 fully saturated rings. The average molecular weight is 229 g/mol. The van der Waals surface area contributed by atoms with E-state index in [0.717, 1.165) is 17.5 Å². The minimum absolute atomic E-state index is 0.210. The van der Waals surface area contributed by atoms with Gasteiger partial charge in [-0.25, -0.2) is 8.78 Å². The maximum Gasteiger partial charge on any atom is 0.123 e. The lowest BCUT2D eigenvalue weighted by molar-refractivity contribution is 0.626. The van der Waals surface area contributed by atoms with E-state index in [2.05, 4.69) is 0 Å². The molecule has 1 unspecified atom stereocenters. The van der Waals surface area contributed by atoms with Crippen molar-refractivity contribution in [3.63, 3.8) is 0 Å². The van der Waals surface area contributed by atoms with Crippen LogP contribution in [0.4, 0.5) is 8.78 Å². The molecule has 1 atom stereocenters. The third-order valence-electron chi connectivity index (χ3n) is 3.17. The molecule has 0 spiro atoms. The molecule has 0 saturated heterocycles. The zero-order valence-electron chi connectivity index (χ0n) is 9.16. The Labute approximate surface area is 98.9 Å². The molecule has 1 saturated carbocycles. The van der Waals surface area contributed by atoms with Gasteiger partial charge in [-0.3, -0.25) is 0 Å². The van der Waals surface area contributed by atoms with Crippen molar-refractivity contribution in [2.75, 3.05) is 0 Å². The summed E-state index contributed by atoms with van der Waals surface area (Å²) in [5.74, 6) is 1.25. The fourth-order valence-electron chi connectivity index (χ4n) is 2.16. The van der Waals surface area contributed by atoms with Crippen LogP contribution in [0.3, 0.4) is 0 Å². The molecule has 17 heavy (non-hydrogen) atoms. The molecule has 3 rings (SSSR count). The quantitative estimate of drug-likeness (QED) is 0.728. The Morgan fingerprint density at radius 3 is 1.88 bits per heavy atom. The molecule has 2 heteroatoms. The van der Waals surface area contributed by atoms with Crippen LogP contribution in [0.15, 0.2) is 48.5 Å². The van der Waals surface area contributed by atoms with Crippen molar-refractivity contribution >= 4 is 0 Å². The lowest BCUT2D eigenvalue weighted by atomic mass is 10.0. The van der Waals surface area contributed by atoms with E-state index < -0.39 is 0 Å². The highest BCUT2D eigenvalue weighted by Crippen LogP contribution is 2.53. The van der Waals surface area contributed by atoms with Crippen LogP contribution in [0.1, 0.15) is 23.5 Å². The van der Waals surface area contributed by atoms with E-state index in [4.69, 9.17) is 0 Å². The second-order valence-corrected chi connectivity index (χ2v) is 4.34. The van der Waals surface area contributed by atoms with E-state index in [0.29, 0.717) is 5.92 Å². The summed E-state index contributed by atoms with van der Waals surface area (Å²) in [6.45, 7) is 0. The number of hydrogen-bond acceptors (Lipinski definition) is 0. The summed E-state index contributed by atoms with van der Waals surface area (Å²) in [6, 6.07) is 13.1. The Kier molecular flexibility index (Phi) is 2.43. The lowest BCUT2D eigenvalue weighted by Gasteiger charge is -2.01. The number of halogens is 2. The Balaban J connectivity index is 1.78. The van der Waals surface area contributed by atoms with Gasteiger partial charge in [0.2, 0.25) is 0 Å². The Hall–Kier alpha value is -1.70. The molecule has 1 radical (unpaired) electrons. The highest BCUT2D eigenvalue weighted by atomic mass is 19.1. The summed E-state index contributed by atoms with van der Waals surface area (Å²) in [6.07, 6.45) is 0.983. The zero-order chi connectivity index (χ0) is 11.8. The molecule has 1 aliphatic carbocycles. The number of rotatable bonds is 2. The predicted molar refractivity (Wildman–Crippen MR) is 62.5 cm³/mol. The molecule has 0 amide bonds. The molecular weight excluding hydrogens is 218 g/mol. The number of hydrogen-bond donors (Lipinski definition) is 0. The van der Waals surface area contributed by atoms with Crippen molar-refractivity contribution in [1.29, 1.82) is 0 Å². The summed E-state index contributed by atoms with van der Waals surface area (Å²) < 4.78 is 25.6. The van der Waals surface area contributed by atoms with Crippen molar-refractivity contribution in [2.24, 2.45) is 0 Å². The van der Waals surface area contributed by atoms with Crippen LogP contribution in [0.5, 0.6) is 0 Å². The molecule has 0 aliphatic heterocycles. The minimum atomic E-state index is -0.215. The monoisotopic (exact) mass is 229 g/mol. The first-order chi connectivity index (χ1) is 8.24. The third kappa shape index (κ3) is 2.07. The summed E-state index contributed by atoms with van der Waals surface area (Å²) in [4.78, 5) is 0. The van der Waals surface area contributed by atoms with Gasteiger partial charge in [0.15, 0.2) is 0 Å². The molecule has 2 aromatic carbocycles. The third-order valence-corrected chi connectivity index (χ3v) is 3.17. The van der Waals surface area contributed by atoms with Gasteiger partial charge in [-0.15, -0.1) is 0 Å². The molecule has 0 heterocycles. The van der Waals surface area contributed by atoms with Crippen molar-refractivity contribution in [2.45, 2.75) is 12.3 Å². The molecule has 1 aliphatic rings. The highest BCUT2D eigenvalue weighted by Gasteiger charge is 2.40. The van der Waals surface area contributed by atoms with Crippen molar-refractivity contribution in [3.05, 3.63) is 77.2 Å². The van der Waals surface area contributed by atoms with Gasteiger partial charge < -0.3 is 0 Å². The Morgan fingerprint density at radius 2 is 1.29 bits per heavy atom. The van der Waals surface area contributed by atoms with Crippen molar-refractivity contribution < 1.29 is 8.78 Å². The fraction of sp³-hybridized carbons (Fsp3) is 0.133. The minimum Gasteiger partial charge on any atom is -0.207 e. The van der Waals surface area contributed by atoms with E-state index in [9.17, 15) is 8.78 Å². The predicted octanol–water partition coefficient (Wildman–Crippen LogP) is 4.07. The molecular formula is C15H11F2. The zero-order valence-corrected chi connectivity index (χ0v) is 9.16. The fourth-order valence-corrected chi connectivity index (χ4v) is 2.16. The standard InChI is InChI=1S/C15H11F2/c16-12-5-1-10(2-6-12)14-9-15(14)11-3-7-13(17)8-4-11/h1-8,14H,9H2. The van der Waals surface area contributed by atoms with Crippen LogP contribution in [-0.4, -0.2) is 0 Å². The first-order valence-electron chi connectivity index (χ1n) is 5.61. The van der Waals surface area contributed by atoms with Crippen LogP contribution < -0.4 is 0 Å². The van der Waals surface area contributed by atoms with E-state index in [1.165, 1.54) is 30.2 Å². The van der Waals surface area contributed by atoms with Crippen LogP contribution in [0, 0.1) is 17.6 Å². The largest absolute Gasteiger partial charge is 0.207 e. The van der Waals surface area contributed by atoms with E-state index in [1.807, 2.05) is 12.1 Å². The molecule has 2 aromatic rings. The molecule has 0 nitrogen and oxygen atoms in total. The van der Waals surface area contributed by atoms with Gasteiger partial charge in [-0.05, 0) is 47.7 Å². The van der Waals surface area contributed by atoms with Crippen molar-refractivity contribution in [1.82, 2.24) is 0 Å². The maximum absolute atomic E-state index is 12.8. The van der Waals surface area contributed by atoms with Gasteiger partial charge in [0.05, 0.1) is 0 Å². The molecule has 0 bridgehead atoms. The van der Waals surface area contributed by atoms with Gasteiger partial charge in [0.25, 0.3) is 0 Å². The first kappa shape index (κ1) is 10.5. The van der Waals surface area contributed by atoms with Gasteiger partial charge in [-0.1, -0.05) is 24.3 Å². The van der Waals surface area contributed by atoms with Crippen LogP contribution in [0.2, 0.25) is 0 Å². The van der Waals surface area contributed by atoms with Gasteiger partial charge in [0, 0.05) is 5.92 Å². The summed E-state index contributed by atoms with van der Waals surface area (Å²) in [7, 11) is 0. The smallest absolute Gasteiger partial charge is 0.123 e. The molecule has 85 valence electrons. The van der Waals surface area contributed by atoms with Crippen LogP contribution in [0.25, 0.3) is 0 Å². The summed E-state index contributed by atoms with van der Waals surface area (Å²) in [5.41, 5.74) is 2.21. The second kappa shape index (κ2) is 3.95. The van der Waals surface area contributed by atoms with Gasteiger partial charge in [0.1, 0.15) is 11.6 Å². The maximum atomic E-state index is 12.8. The Bertz CT molecular complexity index is 464. The van der Waals surface area contributed by atoms with E-state index in [1.54, 1.807) is 12.1 Å². The van der Waals surface area contributed by atoms with Gasteiger partial charge in [-0.2, -0.15) is 0 Å². The molecule has 0 N–H and O–H groups in total. The van der Waals surface area contributed by atoms with E-state index >= 15 is 0 Å². The number of benzene rings is 2. The summed E-state index contributed by atoms with van der Waals surface area (Å²) in [5, 5.41) is 0. The molecule has 0 aromatic heterocycles. The Morgan fingerprint density at radius 1 is 0.765 bits per heavy atom. The average Bonchev–Trinajstić information content (AvgIpc) is 3.11. The first-order valence-corrected chi connectivity index (χ1v) is 5.61.